The number of rotatable bonds is 10. The summed E-state index contributed by atoms with van der Waals surface area (Å²) < 4.78 is 6.85. The van der Waals surface area contributed by atoms with Gasteiger partial charge in [-0.25, -0.2) is 0 Å². The lowest BCUT2D eigenvalue weighted by atomic mass is 10.0. The Hall–Kier alpha value is -3.12. The number of hydrogen-bond donors (Lipinski definition) is 1. The molecule has 6 heteroatoms. The molecule has 0 fully saturated rings. The minimum Gasteiger partial charge on any atom is -0.483 e. The SMILES string of the molecule is CCNC(=O)[C@H](Cc1ccccc1)N(Cc1cccc(Br)c1)C(=O)COc1cccc(C)c1C. The van der Waals surface area contributed by atoms with E-state index < -0.39 is 6.04 Å². The van der Waals surface area contributed by atoms with Crippen LogP contribution in [-0.2, 0) is 22.6 Å². The number of aryl methyl sites for hydroxylation is 1. The summed E-state index contributed by atoms with van der Waals surface area (Å²) >= 11 is 3.50. The quantitative estimate of drug-likeness (QED) is 0.397. The number of nitrogens with one attached hydrogen (secondary N) is 1. The van der Waals surface area contributed by atoms with Gasteiger partial charge in [0, 0.05) is 24.0 Å². The average Bonchev–Trinajstić information content (AvgIpc) is 2.83. The molecular weight excluding hydrogens is 492 g/mol. The second kappa shape index (κ2) is 12.4. The molecule has 34 heavy (non-hydrogen) atoms. The number of hydrogen-bond acceptors (Lipinski definition) is 3. The third kappa shape index (κ3) is 6.94. The average molecular weight is 523 g/mol. The van der Waals surface area contributed by atoms with E-state index in [1.807, 2.05) is 93.6 Å². The molecule has 3 rings (SSSR count). The van der Waals surface area contributed by atoms with Gasteiger partial charge in [0.05, 0.1) is 0 Å². The van der Waals surface area contributed by atoms with E-state index in [1.165, 1.54) is 0 Å². The maximum atomic E-state index is 13.6. The molecule has 0 bridgehead atoms. The highest BCUT2D eigenvalue weighted by Gasteiger charge is 2.30. The number of amides is 2. The van der Waals surface area contributed by atoms with Crippen LogP contribution in [0.3, 0.4) is 0 Å². The minimum absolute atomic E-state index is 0.150. The van der Waals surface area contributed by atoms with Crippen molar-refractivity contribution < 1.29 is 14.3 Å². The van der Waals surface area contributed by atoms with Crippen LogP contribution in [0.4, 0.5) is 0 Å². The van der Waals surface area contributed by atoms with Crippen LogP contribution in [0.15, 0.2) is 77.3 Å². The monoisotopic (exact) mass is 522 g/mol. The standard InChI is InChI=1S/C28H31BrN2O3/c1-4-30-28(33)25(17-22-11-6-5-7-12-22)31(18-23-13-9-14-24(29)16-23)27(32)19-34-26-15-8-10-20(2)21(26)3/h5-16,25H,4,17-19H2,1-3H3,(H,30,33)/t25-/m0/s1. The van der Waals surface area contributed by atoms with Gasteiger partial charge in [-0.15, -0.1) is 0 Å². The lowest BCUT2D eigenvalue weighted by Crippen LogP contribution is -2.51. The van der Waals surface area contributed by atoms with Crippen LogP contribution in [0.5, 0.6) is 5.75 Å². The highest BCUT2D eigenvalue weighted by Crippen LogP contribution is 2.22. The summed E-state index contributed by atoms with van der Waals surface area (Å²) in [7, 11) is 0. The van der Waals surface area contributed by atoms with Gasteiger partial charge in [0.2, 0.25) is 5.91 Å². The fourth-order valence-corrected chi connectivity index (χ4v) is 4.23. The van der Waals surface area contributed by atoms with Gasteiger partial charge >= 0.3 is 0 Å². The molecular formula is C28H31BrN2O3. The molecule has 0 aliphatic carbocycles. The van der Waals surface area contributed by atoms with E-state index in [4.69, 9.17) is 4.74 Å². The summed E-state index contributed by atoms with van der Waals surface area (Å²) in [4.78, 5) is 28.4. The van der Waals surface area contributed by atoms with Crippen molar-refractivity contribution in [2.24, 2.45) is 0 Å². The molecule has 178 valence electrons. The first kappa shape index (κ1) is 25.5. The molecule has 3 aromatic rings. The van der Waals surface area contributed by atoms with Gasteiger partial charge in [0.15, 0.2) is 6.61 Å². The van der Waals surface area contributed by atoms with Crippen molar-refractivity contribution in [3.8, 4) is 5.75 Å². The predicted molar refractivity (Wildman–Crippen MR) is 139 cm³/mol. The van der Waals surface area contributed by atoms with Gasteiger partial charge in [-0.1, -0.05) is 70.5 Å². The Morgan fingerprint density at radius 3 is 2.38 bits per heavy atom. The van der Waals surface area contributed by atoms with Gasteiger partial charge in [-0.2, -0.15) is 0 Å². The molecule has 0 saturated heterocycles. The highest BCUT2D eigenvalue weighted by molar-refractivity contribution is 9.10. The van der Waals surface area contributed by atoms with E-state index in [2.05, 4.69) is 21.2 Å². The largest absolute Gasteiger partial charge is 0.483 e. The van der Waals surface area contributed by atoms with Crippen molar-refractivity contribution in [2.45, 2.75) is 39.8 Å². The first-order valence-electron chi connectivity index (χ1n) is 11.4. The van der Waals surface area contributed by atoms with E-state index >= 15 is 0 Å². The molecule has 0 aliphatic heterocycles. The summed E-state index contributed by atoms with van der Waals surface area (Å²) in [6, 6.07) is 22.6. The third-order valence-corrected chi connectivity index (χ3v) is 6.26. The summed E-state index contributed by atoms with van der Waals surface area (Å²) in [6.07, 6.45) is 0.413. The molecule has 2 amide bonds. The van der Waals surface area contributed by atoms with Gasteiger partial charge in [-0.05, 0) is 61.2 Å². The topological polar surface area (TPSA) is 58.6 Å². The van der Waals surface area contributed by atoms with Crippen LogP contribution in [-0.4, -0.2) is 35.9 Å². The second-order valence-corrected chi connectivity index (χ2v) is 9.15. The van der Waals surface area contributed by atoms with Gasteiger partial charge in [-0.3, -0.25) is 9.59 Å². The Labute approximate surface area is 210 Å². The van der Waals surface area contributed by atoms with Crippen molar-refractivity contribution in [1.29, 1.82) is 0 Å². The first-order chi connectivity index (χ1) is 16.4. The number of benzene rings is 3. The summed E-state index contributed by atoms with van der Waals surface area (Å²) in [5.74, 6) is 0.253. The van der Waals surface area contributed by atoms with Gasteiger partial charge < -0.3 is 15.0 Å². The summed E-state index contributed by atoms with van der Waals surface area (Å²) in [5.41, 5.74) is 4.01. The summed E-state index contributed by atoms with van der Waals surface area (Å²) in [6.45, 7) is 6.49. The molecule has 5 nitrogen and oxygen atoms in total. The second-order valence-electron chi connectivity index (χ2n) is 8.24. The summed E-state index contributed by atoms with van der Waals surface area (Å²) in [5, 5.41) is 2.91. The maximum Gasteiger partial charge on any atom is 0.261 e. The maximum absolute atomic E-state index is 13.6. The number of carbonyl (C=O) groups excluding carboxylic acids is 2. The van der Waals surface area contributed by atoms with Crippen molar-refractivity contribution in [2.75, 3.05) is 13.2 Å². The number of carbonyl (C=O) groups is 2. The molecule has 0 radical (unpaired) electrons. The number of ether oxygens (including phenoxy) is 1. The predicted octanol–water partition coefficient (Wildman–Crippen LogP) is 5.22. The van der Waals surface area contributed by atoms with E-state index in [-0.39, 0.29) is 18.4 Å². The molecule has 0 aliphatic rings. The van der Waals surface area contributed by atoms with Gasteiger partial charge in [0.1, 0.15) is 11.8 Å². The van der Waals surface area contributed by atoms with Crippen LogP contribution in [0, 0.1) is 13.8 Å². The number of likely N-dealkylation sites (N-methyl/N-ethyl adjacent to an activating group) is 1. The van der Waals surface area contributed by atoms with Crippen LogP contribution in [0.2, 0.25) is 0 Å². The molecule has 0 unspecified atom stereocenters. The molecule has 0 spiro atoms. The van der Waals surface area contributed by atoms with Crippen molar-refractivity contribution in [3.05, 3.63) is 99.5 Å². The first-order valence-corrected chi connectivity index (χ1v) is 12.2. The van der Waals surface area contributed by atoms with Crippen molar-refractivity contribution in [3.63, 3.8) is 0 Å². The molecule has 3 aromatic carbocycles. The van der Waals surface area contributed by atoms with E-state index in [1.54, 1.807) is 4.90 Å². The van der Waals surface area contributed by atoms with E-state index in [0.717, 1.165) is 26.7 Å². The van der Waals surface area contributed by atoms with E-state index in [0.29, 0.717) is 25.3 Å². The fourth-order valence-electron chi connectivity index (χ4n) is 3.78. The lowest BCUT2D eigenvalue weighted by molar-refractivity contribution is -0.142. The van der Waals surface area contributed by atoms with Gasteiger partial charge in [0.25, 0.3) is 5.91 Å². The lowest BCUT2D eigenvalue weighted by Gasteiger charge is -2.31. The highest BCUT2D eigenvalue weighted by atomic mass is 79.9. The Balaban J connectivity index is 1.91. The van der Waals surface area contributed by atoms with Crippen LogP contribution >= 0.6 is 15.9 Å². The van der Waals surface area contributed by atoms with E-state index in [9.17, 15) is 9.59 Å². The van der Waals surface area contributed by atoms with Crippen LogP contribution in [0.25, 0.3) is 0 Å². The molecule has 0 saturated carbocycles. The molecule has 1 atom stereocenters. The Morgan fingerprint density at radius 2 is 1.68 bits per heavy atom. The normalized spacial score (nSPS) is 11.5. The van der Waals surface area contributed by atoms with Crippen molar-refractivity contribution >= 4 is 27.7 Å². The number of nitrogens with zero attached hydrogens (tertiary/aromatic N) is 1. The molecule has 0 aromatic heterocycles. The third-order valence-electron chi connectivity index (χ3n) is 5.77. The Bertz CT molecular complexity index is 1120. The van der Waals surface area contributed by atoms with Crippen LogP contribution in [0.1, 0.15) is 29.2 Å². The Kier molecular flexibility index (Phi) is 9.28. The molecule has 1 N–H and O–H groups in total. The zero-order valence-corrected chi connectivity index (χ0v) is 21.5. The zero-order valence-electron chi connectivity index (χ0n) is 19.9. The fraction of sp³-hybridized carbons (Fsp3) is 0.286. The smallest absolute Gasteiger partial charge is 0.261 e. The number of halogens is 1. The minimum atomic E-state index is -0.670. The Morgan fingerprint density at radius 1 is 0.971 bits per heavy atom. The van der Waals surface area contributed by atoms with Crippen LogP contribution < -0.4 is 10.1 Å². The molecule has 0 heterocycles. The zero-order chi connectivity index (χ0) is 24.5. The van der Waals surface area contributed by atoms with Crippen molar-refractivity contribution in [1.82, 2.24) is 10.2 Å².